The molecule has 1 saturated heterocycles. The summed E-state index contributed by atoms with van der Waals surface area (Å²) in [6.45, 7) is 1.03. The number of aromatic nitrogens is 5. The van der Waals surface area contributed by atoms with Gasteiger partial charge in [0, 0.05) is 31.2 Å². The highest BCUT2D eigenvalue weighted by molar-refractivity contribution is 5.75. The summed E-state index contributed by atoms with van der Waals surface area (Å²) in [5.74, 6) is 0.748. The van der Waals surface area contributed by atoms with Crippen molar-refractivity contribution in [3.63, 3.8) is 0 Å². The minimum Gasteiger partial charge on any atom is -0.365 e. The fourth-order valence-electron chi connectivity index (χ4n) is 4.06. The molecule has 0 spiro atoms. The Kier molecular flexibility index (Phi) is 2.70. The summed E-state index contributed by atoms with van der Waals surface area (Å²) in [6, 6.07) is 2.45. The second kappa shape index (κ2) is 4.80. The lowest BCUT2D eigenvalue weighted by Crippen LogP contribution is -2.32. The molecule has 2 atom stereocenters. The van der Waals surface area contributed by atoms with Gasteiger partial charge in [-0.1, -0.05) is 0 Å². The molecule has 8 nitrogen and oxygen atoms in total. The Morgan fingerprint density at radius 1 is 1.25 bits per heavy atom. The van der Waals surface area contributed by atoms with Crippen LogP contribution in [0.2, 0.25) is 0 Å². The third-order valence-electron chi connectivity index (χ3n) is 5.15. The van der Waals surface area contributed by atoms with Gasteiger partial charge in [0.05, 0.1) is 11.3 Å². The maximum Gasteiger partial charge on any atom is 0.325 e. The van der Waals surface area contributed by atoms with E-state index in [9.17, 15) is 9.59 Å². The molecule has 122 valence electrons. The molecule has 0 unspecified atom stereocenters. The summed E-state index contributed by atoms with van der Waals surface area (Å²) in [4.78, 5) is 35.0. The molecular weight excluding hydrogens is 308 g/mol. The maximum atomic E-state index is 12.1. The molecular formula is C16H16N6O2. The van der Waals surface area contributed by atoms with E-state index in [4.69, 9.17) is 0 Å². The van der Waals surface area contributed by atoms with Crippen LogP contribution in [0, 0.1) is 5.92 Å². The van der Waals surface area contributed by atoms with Crippen LogP contribution in [0.15, 0.2) is 34.2 Å². The highest BCUT2D eigenvalue weighted by Crippen LogP contribution is 2.41. The monoisotopic (exact) mass is 324 g/mol. The van der Waals surface area contributed by atoms with E-state index >= 15 is 0 Å². The van der Waals surface area contributed by atoms with Crippen molar-refractivity contribution in [2.24, 2.45) is 5.92 Å². The van der Waals surface area contributed by atoms with Crippen LogP contribution in [0.4, 0.5) is 5.69 Å². The summed E-state index contributed by atoms with van der Waals surface area (Å²) in [7, 11) is 0. The molecule has 1 aliphatic carbocycles. The number of fused-ring (bicyclic) bond motifs is 3. The van der Waals surface area contributed by atoms with E-state index in [2.05, 4.69) is 25.0 Å². The van der Waals surface area contributed by atoms with Crippen LogP contribution in [0.3, 0.4) is 0 Å². The summed E-state index contributed by atoms with van der Waals surface area (Å²) in [6.07, 6.45) is 8.62. The van der Waals surface area contributed by atoms with E-state index in [1.54, 1.807) is 16.9 Å². The largest absolute Gasteiger partial charge is 0.365 e. The fourth-order valence-corrected chi connectivity index (χ4v) is 4.06. The molecule has 1 saturated carbocycles. The standard InChI is InChI=1S/C16H16N6O2/c23-15-11(7-18-16(24)19-15)12-6-13(14-17-3-4-22(14)20-12)21-8-9-1-2-10(21)5-9/h3-4,6-7,9-10H,1-2,5,8H2,(H2,18,19,23,24)/t9-,10+/m0/s1. The van der Waals surface area contributed by atoms with Crippen LogP contribution in [0.5, 0.6) is 0 Å². The Bertz CT molecular complexity index is 1050. The smallest absolute Gasteiger partial charge is 0.325 e. The van der Waals surface area contributed by atoms with Gasteiger partial charge in [0.15, 0.2) is 5.65 Å². The average Bonchev–Trinajstić information content (AvgIpc) is 3.30. The Morgan fingerprint density at radius 3 is 2.92 bits per heavy atom. The molecule has 2 aliphatic rings. The summed E-state index contributed by atoms with van der Waals surface area (Å²) in [5.41, 5.74) is 1.70. The van der Waals surface area contributed by atoms with Crippen LogP contribution in [-0.2, 0) is 0 Å². The molecule has 3 aromatic rings. The lowest BCUT2D eigenvalue weighted by molar-refractivity contribution is 0.553. The molecule has 8 heteroatoms. The second-order valence-electron chi connectivity index (χ2n) is 6.58. The van der Waals surface area contributed by atoms with Gasteiger partial charge in [0.25, 0.3) is 5.56 Å². The Morgan fingerprint density at radius 2 is 2.17 bits per heavy atom. The quantitative estimate of drug-likeness (QED) is 0.725. The number of rotatable bonds is 2. The third-order valence-corrected chi connectivity index (χ3v) is 5.15. The minimum atomic E-state index is -0.524. The number of nitrogens with zero attached hydrogens (tertiary/aromatic N) is 4. The Balaban J connectivity index is 1.71. The first-order chi connectivity index (χ1) is 11.7. The molecule has 2 fully saturated rings. The van der Waals surface area contributed by atoms with Crippen molar-refractivity contribution < 1.29 is 0 Å². The van der Waals surface area contributed by atoms with Gasteiger partial charge in [-0.3, -0.25) is 9.78 Å². The number of aromatic amines is 2. The molecule has 2 N–H and O–H groups in total. The molecule has 5 rings (SSSR count). The van der Waals surface area contributed by atoms with Gasteiger partial charge in [-0.15, -0.1) is 0 Å². The van der Waals surface area contributed by atoms with Crippen LogP contribution in [0.25, 0.3) is 16.9 Å². The second-order valence-corrected chi connectivity index (χ2v) is 6.58. The summed E-state index contributed by atoms with van der Waals surface area (Å²) in [5, 5.41) is 4.48. The number of imidazole rings is 1. The van der Waals surface area contributed by atoms with E-state index < -0.39 is 11.2 Å². The number of hydrogen-bond acceptors (Lipinski definition) is 5. The van der Waals surface area contributed by atoms with Crippen LogP contribution in [-0.4, -0.2) is 37.2 Å². The third kappa shape index (κ3) is 1.92. The topological polar surface area (TPSA) is 99.2 Å². The highest BCUT2D eigenvalue weighted by Gasteiger charge is 2.39. The molecule has 2 bridgehead atoms. The predicted octanol–water partition coefficient (Wildman–Crippen LogP) is 0.762. The van der Waals surface area contributed by atoms with E-state index in [0.717, 1.165) is 23.8 Å². The van der Waals surface area contributed by atoms with E-state index in [1.807, 2.05) is 6.07 Å². The van der Waals surface area contributed by atoms with Crippen LogP contribution < -0.4 is 16.1 Å². The van der Waals surface area contributed by atoms with Crippen molar-refractivity contribution in [1.29, 1.82) is 0 Å². The van der Waals surface area contributed by atoms with Gasteiger partial charge >= 0.3 is 5.69 Å². The molecule has 0 amide bonds. The van der Waals surface area contributed by atoms with Crippen molar-refractivity contribution in [2.75, 3.05) is 11.4 Å². The predicted molar refractivity (Wildman–Crippen MR) is 88.1 cm³/mol. The fraction of sp³-hybridized carbons (Fsp3) is 0.375. The van der Waals surface area contributed by atoms with E-state index in [1.165, 1.54) is 25.5 Å². The van der Waals surface area contributed by atoms with Gasteiger partial charge in [-0.2, -0.15) is 5.10 Å². The molecule has 0 aromatic carbocycles. The Labute approximate surface area is 136 Å². The van der Waals surface area contributed by atoms with E-state index in [0.29, 0.717) is 17.3 Å². The van der Waals surface area contributed by atoms with Crippen molar-refractivity contribution in [3.8, 4) is 11.3 Å². The minimum absolute atomic E-state index is 0.343. The number of anilines is 1. The van der Waals surface area contributed by atoms with Gasteiger partial charge in [-0.25, -0.2) is 14.3 Å². The zero-order valence-electron chi connectivity index (χ0n) is 12.9. The van der Waals surface area contributed by atoms with Crippen molar-refractivity contribution in [3.05, 3.63) is 45.5 Å². The van der Waals surface area contributed by atoms with Crippen molar-refractivity contribution >= 4 is 11.3 Å². The first-order valence-corrected chi connectivity index (χ1v) is 8.12. The number of hydrogen-bond donors (Lipinski definition) is 2. The van der Waals surface area contributed by atoms with Crippen LogP contribution >= 0.6 is 0 Å². The summed E-state index contributed by atoms with van der Waals surface area (Å²) < 4.78 is 1.70. The first-order valence-electron chi connectivity index (χ1n) is 8.12. The lowest BCUT2D eigenvalue weighted by Gasteiger charge is -2.29. The van der Waals surface area contributed by atoms with Gasteiger partial charge in [0.2, 0.25) is 0 Å². The molecule has 4 heterocycles. The lowest BCUT2D eigenvalue weighted by atomic mass is 10.1. The van der Waals surface area contributed by atoms with Gasteiger partial charge in [0.1, 0.15) is 5.69 Å². The molecule has 0 radical (unpaired) electrons. The first kappa shape index (κ1) is 13.5. The normalized spacial score (nSPS) is 22.6. The van der Waals surface area contributed by atoms with Crippen molar-refractivity contribution in [1.82, 2.24) is 24.6 Å². The zero-order valence-corrected chi connectivity index (χ0v) is 12.9. The number of nitrogens with one attached hydrogen (secondary N) is 2. The SMILES string of the molecule is O=c1[nH]cc(-c2cc(N3C[C@H]4CC[C@@H]3C4)c3nccn3n2)c(=O)[nH]1. The number of H-pyrrole nitrogens is 2. The molecule has 3 aromatic heterocycles. The van der Waals surface area contributed by atoms with Crippen LogP contribution in [0.1, 0.15) is 19.3 Å². The maximum absolute atomic E-state index is 12.1. The van der Waals surface area contributed by atoms with Gasteiger partial charge in [-0.05, 0) is 31.2 Å². The average molecular weight is 324 g/mol. The van der Waals surface area contributed by atoms with Crippen molar-refractivity contribution in [2.45, 2.75) is 25.3 Å². The number of piperidine rings is 1. The zero-order chi connectivity index (χ0) is 16.3. The highest BCUT2D eigenvalue weighted by atomic mass is 16.2. The molecule has 1 aliphatic heterocycles. The Hall–Kier alpha value is -2.90. The van der Waals surface area contributed by atoms with E-state index in [-0.39, 0.29) is 0 Å². The summed E-state index contributed by atoms with van der Waals surface area (Å²) >= 11 is 0. The van der Waals surface area contributed by atoms with Gasteiger partial charge < -0.3 is 9.88 Å². The molecule has 24 heavy (non-hydrogen) atoms.